The Morgan fingerprint density at radius 3 is 2.13 bits per heavy atom. The summed E-state index contributed by atoms with van der Waals surface area (Å²) in [6.07, 6.45) is 3.59. The van der Waals surface area contributed by atoms with Crippen LogP contribution in [0.5, 0.6) is 0 Å². The van der Waals surface area contributed by atoms with Crippen LogP contribution >= 0.6 is 0 Å². The van der Waals surface area contributed by atoms with Crippen LogP contribution in [0.4, 0.5) is 4.39 Å². The molecular formula is C17H22FNO3S. The fraction of sp³-hybridized carbons (Fsp3) is 0.588. The third kappa shape index (κ3) is 2.57. The summed E-state index contributed by atoms with van der Waals surface area (Å²) in [6, 6.07) is 6.30. The summed E-state index contributed by atoms with van der Waals surface area (Å²) in [5.74, 6) is -0.538. The highest BCUT2D eigenvalue weighted by Gasteiger charge is 2.55. The highest BCUT2D eigenvalue weighted by Crippen LogP contribution is 2.42. The molecule has 0 spiro atoms. The summed E-state index contributed by atoms with van der Waals surface area (Å²) in [5, 5.41) is 0. The van der Waals surface area contributed by atoms with Gasteiger partial charge in [-0.3, -0.25) is 4.79 Å². The lowest BCUT2D eigenvalue weighted by molar-refractivity contribution is -0.141. The molecule has 1 aromatic rings. The zero-order valence-corrected chi connectivity index (χ0v) is 14.3. The van der Waals surface area contributed by atoms with Crippen molar-refractivity contribution in [1.29, 1.82) is 0 Å². The van der Waals surface area contributed by atoms with E-state index in [-0.39, 0.29) is 17.1 Å². The van der Waals surface area contributed by atoms with Crippen molar-refractivity contribution < 1.29 is 17.6 Å². The van der Waals surface area contributed by atoms with Gasteiger partial charge in [-0.05, 0) is 30.5 Å². The molecular weight excluding hydrogens is 317 g/mol. The van der Waals surface area contributed by atoms with Crippen LogP contribution in [0.25, 0.3) is 0 Å². The smallest absolute Gasteiger partial charge is 0.244 e. The zero-order chi connectivity index (χ0) is 16.9. The van der Waals surface area contributed by atoms with Gasteiger partial charge in [-0.25, -0.2) is 12.8 Å². The number of sulfone groups is 1. The van der Waals surface area contributed by atoms with E-state index in [1.807, 2.05) is 6.92 Å². The highest BCUT2D eigenvalue weighted by molar-refractivity contribution is 7.92. The van der Waals surface area contributed by atoms with E-state index in [0.717, 1.165) is 18.4 Å². The molecule has 0 aromatic heterocycles. The topological polar surface area (TPSA) is 54.5 Å². The summed E-state index contributed by atoms with van der Waals surface area (Å²) in [5.41, 5.74) is 0.739. The molecule has 1 aliphatic carbocycles. The quantitative estimate of drug-likeness (QED) is 0.849. The van der Waals surface area contributed by atoms with Gasteiger partial charge in [-0.1, -0.05) is 31.9 Å². The lowest BCUT2D eigenvalue weighted by Gasteiger charge is -2.50. The average molecular weight is 339 g/mol. The minimum atomic E-state index is -3.43. The predicted molar refractivity (Wildman–Crippen MR) is 86.4 cm³/mol. The lowest BCUT2D eigenvalue weighted by Crippen LogP contribution is -2.65. The number of hydrogen-bond acceptors (Lipinski definition) is 3. The average Bonchev–Trinajstić information content (AvgIpc) is 2.94. The monoisotopic (exact) mass is 339 g/mol. The Kier molecular flexibility index (Phi) is 3.78. The molecule has 1 aliphatic heterocycles. The van der Waals surface area contributed by atoms with Crippen molar-refractivity contribution in [1.82, 2.24) is 4.90 Å². The van der Waals surface area contributed by atoms with Gasteiger partial charge in [0.15, 0.2) is 14.6 Å². The maximum Gasteiger partial charge on any atom is 0.244 e. The molecule has 1 saturated heterocycles. The van der Waals surface area contributed by atoms with Gasteiger partial charge in [0.05, 0.1) is 0 Å². The van der Waals surface area contributed by atoms with Gasteiger partial charge in [0, 0.05) is 24.8 Å². The largest absolute Gasteiger partial charge is 0.339 e. The van der Waals surface area contributed by atoms with Crippen LogP contribution < -0.4 is 0 Å². The van der Waals surface area contributed by atoms with Gasteiger partial charge in [-0.15, -0.1) is 0 Å². The first-order chi connectivity index (χ1) is 10.7. The zero-order valence-electron chi connectivity index (χ0n) is 13.5. The maximum atomic E-state index is 13.1. The number of likely N-dealkylation sites (tertiary alicyclic amines) is 1. The fourth-order valence-corrected chi connectivity index (χ4v) is 5.43. The van der Waals surface area contributed by atoms with Gasteiger partial charge in [0.2, 0.25) is 5.91 Å². The van der Waals surface area contributed by atoms with E-state index in [4.69, 9.17) is 0 Å². The third-order valence-electron chi connectivity index (χ3n) is 5.42. The van der Waals surface area contributed by atoms with Crippen molar-refractivity contribution in [2.75, 3.05) is 19.3 Å². The molecule has 1 amide bonds. The van der Waals surface area contributed by atoms with Crippen LogP contribution in [0.2, 0.25) is 0 Å². The Morgan fingerprint density at radius 2 is 1.65 bits per heavy atom. The predicted octanol–water partition coefficient (Wildman–Crippen LogP) is 2.28. The van der Waals surface area contributed by atoms with Gasteiger partial charge in [-0.2, -0.15) is 0 Å². The number of rotatable bonds is 3. The van der Waals surface area contributed by atoms with Crippen LogP contribution in [-0.4, -0.2) is 43.3 Å². The first kappa shape index (κ1) is 16.4. The standard InChI is InChI=1S/C17H22FNO3S/c1-16(13-5-7-14(18)8-6-13)11-19(12-16)15(20)17(23(2,21)22)9-3-4-10-17/h5-8H,3-4,9-12H2,1-2H3. The number of amides is 1. The first-order valence-electron chi connectivity index (χ1n) is 7.93. The lowest BCUT2D eigenvalue weighted by atomic mass is 9.75. The molecule has 0 unspecified atom stereocenters. The molecule has 0 radical (unpaired) electrons. The van der Waals surface area contributed by atoms with E-state index in [0.29, 0.717) is 25.9 Å². The van der Waals surface area contributed by atoms with Gasteiger partial charge >= 0.3 is 0 Å². The molecule has 1 saturated carbocycles. The molecule has 23 heavy (non-hydrogen) atoms. The molecule has 0 N–H and O–H groups in total. The van der Waals surface area contributed by atoms with Crippen molar-refractivity contribution in [3.8, 4) is 0 Å². The Balaban J connectivity index is 1.78. The Morgan fingerprint density at radius 1 is 1.13 bits per heavy atom. The van der Waals surface area contributed by atoms with Crippen LogP contribution in [0.1, 0.15) is 38.2 Å². The molecule has 0 atom stereocenters. The molecule has 126 valence electrons. The van der Waals surface area contributed by atoms with Gasteiger partial charge < -0.3 is 4.90 Å². The maximum absolute atomic E-state index is 13.1. The molecule has 6 heteroatoms. The fourth-order valence-electron chi connectivity index (χ4n) is 3.95. The molecule has 1 heterocycles. The second-order valence-corrected chi connectivity index (χ2v) is 9.53. The van der Waals surface area contributed by atoms with Gasteiger partial charge in [0.1, 0.15) is 5.82 Å². The minimum absolute atomic E-state index is 0.235. The molecule has 0 bridgehead atoms. The second kappa shape index (κ2) is 5.30. The highest BCUT2D eigenvalue weighted by atomic mass is 32.2. The SMILES string of the molecule is CC1(c2ccc(F)cc2)CN(C(=O)C2(S(C)(=O)=O)CCCC2)C1. The van der Waals surface area contributed by atoms with E-state index >= 15 is 0 Å². The number of halogens is 1. The number of carbonyl (C=O) groups is 1. The third-order valence-corrected chi connectivity index (χ3v) is 7.42. The first-order valence-corrected chi connectivity index (χ1v) is 9.82. The summed E-state index contributed by atoms with van der Waals surface area (Å²) in [6.45, 7) is 2.98. The Labute approximate surface area is 136 Å². The van der Waals surface area contributed by atoms with E-state index in [1.165, 1.54) is 18.4 Å². The summed E-state index contributed by atoms with van der Waals surface area (Å²) < 4.78 is 36.3. The van der Waals surface area contributed by atoms with Crippen LogP contribution in [0.3, 0.4) is 0 Å². The number of hydrogen-bond donors (Lipinski definition) is 0. The summed E-state index contributed by atoms with van der Waals surface area (Å²) >= 11 is 0. The van der Waals surface area contributed by atoms with E-state index in [9.17, 15) is 17.6 Å². The van der Waals surface area contributed by atoms with Crippen molar-refractivity contribution >= 4 is 15.7 Å². The normalized spacial score (nSPS) is 22.7. The number of nitrogens with zero attached hydrogens (tertiary/aromatic N) is 1. The minimum Gasteiger partial charge on any atom is -0.339 e. The van der Waals surface area contributed by atoms with Crippen LogP contribution in [-0.2, 0) is 20.0 Å². The Hall–Kier alpha value is -1.43. The number of carbonyl (C=O) groups excluding carboxylic acids is 1. The molecule has 2 fully saturated rings. The van der Waals surface area contributed by atoms with Crippen molar-refractivity contribution in [2.24, 2.45) is 0 Å². The summed E-state index contributed by atoms with van der Waals surface area (Å²) in [7, 11) is -3.43. The van der Waals surface area contributed by atoms with Crippen molar-refractivity contribution in [3.05, 3.63) is 35.6 Å². The number of benzene rings is 1. The second-order valence-electron chi connectivity index (χ2n) is 7.20. The van der Waals surface area contributed by atoms with E-state index in [1.54, 1.807) is 17.0 Å². The molecule has 1 aromatic carbocycles. The van der Waals surface area contributed by atoms with Crippen molar-refractivity contribution in [3.63, 3.8) is 0 Å². The van der Waals surface area contributed by atoms with Crippen LogP contribution in [0, 0.1) is 5.82 Å². The molecule has 4 nitrogen and oxygen atoms in total. The van der Waals surface area contributed by atoms with E-state index < -0.39 is 14.6 Å². The van der Waals surface area contributed by atoms with Crippen molar-refractivity contribution in [2.45, 2.75) is 42.8 Å². The molecule has 3 rings (SSSR count). The summed E-state index contributed by atoms with van der Waals surface area (Å²) in [4.78, 5) is 14.5. The van der Waals surface area contributed by atoms with Crippen LogP contribution in [0.15, 0.2) is 24.3 Å². The Bertz CT molecular complexity index is 715. The van der Waals surface area contributed by atoms with E-state index in [2.05, 4.69) is 0 Å². The molecule has 2 aliphatic rings. The van der Waals surface area contributed by atoms with Gasteiger partial charge in [0.25, 0.3) is 0 Å².